The van der Waals surface area contributed by atoms with Gasteiger partial charge in [0.25, 0.3) is 0 Å². The Balaban J connectivity index is 2.59. The summed E-state index contributed by atoms with van der Waals surface area (Å²) in [6.45, 7) is 2.02. The summed E-state index contributed by atoms with van der Waals surface area (Å²) in [5.74, 6) is 0.795. The second kappa shape index (κ2) is 6.69. The van der Waals surface area contributed by atoms with Crippen LogP contribution in [0.3, 0.4) is 0 Å². The molecule has 0 heterocycles. The first-order valence-electron chi connectivity index (χ1n) is 5.87. The van der Waals surface area contributed by atoms with Crippen molar-refractivity contribution >= 4 is 55.1 Å². The summed E-state index contributed by atoms with van der Waals surface area (Å²) in [4.78, 5) is -0.143. The summed E-state index contributed by atoms with van der Waals surface area (Å²) < 4.78 is 6.48. The Bertz CT molecular complexity index is 624. The summed E-state index contributed by atoms with van der Waals surface area (Å²) in [5, 5.41) is 1.25. The topological polar surface area (TPSA) is 9.23 Å². The van der Waals surface area contributed by atoms with Crippen LogP contribution in [0, 0.1) is 6.92 Å². The van der Waals surface area contributed by atoms with Crippen LogP contribution in [-0.2, 0) is 0 Å². The lowest BCUT2D eigenvalue weighted by Gasteiger charge is -2.18. The molecule has 0 saturated heterocycles. The highest BCUT2D eigenvalue weighted by molar-refractivity contribution is 9.10. The van der Waals surface area contributed by atoms with Crippen LogP contribution in [0.1, 0.15) is 21.5 Å². The van der Waals surface area contributed by atoms with E-state index in [2.05, 4.69) is 31.9 Å². The second-order valence-electron chi connectivity index (χ2n) is 4.34. The number of benzene rings is 2. The van der Waals surface area contributed by atoms with Gasteiger partial charge in [-0.25, -0.2) is 0 Å². The summed E-state index contributed by atoms with van der Waals surface area (Å²) in [6.07, 6.45) is 0. The monoisotopic (exact) mass is 436 g/mol. The molecule has 0 fully saturated rings. The number of hydrogen-bond donors (Lipinski definition) is 0. The molecule has 0 amide bonds. The molecule has 2 aromatic carbocycles. The van der Waals surface area contributed by atoms with E-state index < -0.39 is 0 Å². The molecule has 20 heavy (non-hydrogen) atoms. The summed E-state index contributed by atoms with van der Waals surface area (Å²) in [6, 6.07) is 9.49. The molecule has 0 radical (unpaired) electrons. The van der Waals surface area contributed by atoms with Gasteiger partial charge in [-0.05, 0) is 36.8 Å². The van der Waals surface area contributed by atoms with E-state index in [1.807, 2.05) is 37.3 Å². The van der Waals surface area contributed by atoms with E-state index >= 15 is 0 Å². The minimum Gasteiger partial charge on any atom is -0.496 e. The zero-order valence-electron chi connectivity index (χ0n) is 10.9. The first-order valence-corrected chi connectivity index (χ1v) is 8.34. The lowest BCUT2D eigenvalue weighted by atomic mass is 10.0. The fourth-order valence-electron chi connectivity index (χ4n) is 1.95. The van der Waals surface area contributed by atoms with Gasteiger partial charge in [0.05, 0.1) is 11.9 Å². The largest absolute Gasteiger partial charge is 0.496 e. The highest BCUT2D eigenvalue weighted by Crippen LogP contribution is 2.44. The molecule has 0 aliphatic carbocycles. The van der Waals surface area contributed by atoms with Crippen molar-refractivity contribution < 1.29 is 4.74 Å². The number of halogens is 4. The van der Waals surface area contributed by atoms with Crippen LogP contribution in [0.15, 0.2) is 34.8 Å². The summed E-state index contributed by atoms with van der Waals surface area (Å²) in [7, 11) is 1.65. The van der Waals surface area contributed by atoms with Crippen LogP contribution in [0.4, 0.5) is 0 Å². The van der Waals surface area contributed by atoms with Crippen molar-refractivity contribution in [3.05, 3.63) is 61.5 Å². The fourth-order valence-corrected chi connectivity index (χ4v) is 4.04. The number of hydrogen-bond acceptors (Lipinski definition) is 1. The van der Waals surface area contributed by atoms with E-state index in [1.165, 1.54) is 0 Å². The lowest BCUT2D eigenvalue weighted by Crippen LogP contribution is -2.00. The molecule has 0 spiro atoms. The van der Waals surface area contributed by atoms with Gasteiger partial charge in [0.1, 0.15) is 5.75 Å². The van der Waals surface area contributed by atoms with Crippen LogP contribution < -0.4 is 4.74 Å². The smallest absolute Gasteiger partial charge is 0.123 e. The van der Waals surface area contributed by atoms with Crippen LogP contribution in [-0.4, -0.2) is 7.11 Å². The highest BCUT2D eigenvalue weighted by atomic mass is 79.9. The molecule has 0 bridgehead atoms. The van der Waals surface area contributed by atoms with Crippen LogP contribution in [0.5, 0.6) is 5.75 Å². The lowest BCUT2D eigenvalue weighted by molar-refractivity contribution is 0.410. The van der Waals surface area contributed by atoms with E-state index in [0.29, 0.717) is 10.0 Å². The molecule has 0 aromatic heterocycles. The Hall–Kier alpha value is -0.220. The number of aryl methyl sites for hydroxylation is 1. The number of rotatable bonds is 3. The first-order chi connectivity index (χ1) is 9.45. The molecule has 2 aromatic rings. The molecule has 106 valence electrons. The highest BCUT2D eigenvalue weighted by Gasteiger charge is 2.21. The molecule has 5 heteroatoms. The Morgan fingerprint density at radius 3 is 2.30 bits per heavy atom. The van der Waals surface area contributed by atoms with Crippen molar-refractivity contribution in [1.29, 1.82) is 0 Å². The Kier molecular flexibility index (Phi) is 5.41. The quantitative estimate of drug-likeness (QED) is 0.493. The average Bonchev–Trinajstić information content (AvgIpc) is 2.41. The summed E-state index contributed by atoms with van der Waals surface area (Å²) in [5.41, 5.74) is 2.92. The van der Waals surface area contributed by atoms with Gasteiger partial charge in [-0.1, -0.05) is 61.1 Å². The van der Waals surface area contributed by atoms with Gasteiger partial charge in [-0.2, -0.15) is 0 Å². The predicted molar refractivity (Wildman–Crippen MR) is 92.7 cm³/mol. The fraction of sp³-hybridized carbons (Fsp3) is 0.200. The molecule has 0 saturated carbocycles. The molecule has 1 nitrogen and oxygen atoms in total. The second-order valence-corrected chi connectivity index (χ2v) is 6.93. The molecular formula is C15H12Br2Cl2O. The minimum absolute atomic E-state index is 0.143. The van der Waals surface area contributed by atoms with Crippen molar-refractivity contribution in [2.45, 2.75) is 11.8 Å². The maximum Gasteiger partial charge on any atom is 0.123 e. The minimum atomic E-state index is -0.143. The van der Waals surface area contributed by atoms with Crippen molar-refractivity contribution in [1.82, 2.24) is 0 Å². The van der Waals surface area contributed by atoms with Gasteiger partial charge < -0.3 is 4.74 Å². The molecule has 2 rings (SSSR count). The Morgan fingerprint density at radius 1 is 1.15 bits per heavy atom. The molecule has 0 N–H and O–H groups in total. The maximum absolute atomic E-state index is 6.27. The number of ether oxygens (including phenoxy) is 1. The Morgan fingerprint density at radius 2 is 1.75 bits per heavy atom. The molecule has 1 atom stereocenters. The van der Waals surface area contributed by atoms with Gasteiger partial charge in [0.15, 0.2) is 0 Å². The average molecular weight is 439 g/mol. The van der Waals surface area contributed by atoms with Crippen LogP contribution in [0.2, 0.25) is 10.0 Å². The zero-order chi connectivity index (χ0) is 14.9. The van der Waals surface area contributed by atoms with Crippen LogP contribution in [0.25, 0.3) is 0 Å². The molecule has 1 unspecified atom stereocenters. The predicted octanol–water partition coefficient (Wildman–Crippen LogP) is 6.56. The van der Waals surface area contributed by atoms with Gasteiger partial charge in [0.2, 0.25) is 0 Å². The van der Waals surface area contributed by atoms with Crippen molar-refractivity contribution in [3.63, 3.8) is 0 Å². The van der Waals surface area contributed by atoms with E-state index in [1.54, 1.807) is 7.11 Å². The van der Waals surface area contributed by atoms with Crippen molar-refractivity contribution in [2.75, 3.05) is 7.11 Å². The molecular weight excluding hydrogens is 427 g/mol. The Labute approximate surface area is 145 Å². The van der Waals surface area contributed by atoms with Crippen molar-refractivity contribution in [2.24, 2.45) is 0 Å². The third-order valence-electron chi connectivity index (χ3n) is 3.04. The number of alkyl halides is 1. The normalized spacial score (nSPS) is 12.3. The maximum atomic E-state index is 6.27. The zero-order valence-corrected chi connectivity index (χ0v) is 15.6. The van der Waals surface area contributed by atoms with Gasteiger partial charge in [-0.3, -0.25) is 0 Å². The number of methoxy groups -OCH3 is 1. The molecule has 0 aliphatic heterocycles. The summed E-state index contributed by atoms with van der Waals surface area (Å²) >= 11 is 19.8. The van der Waals surface area contributed by atoms with E-state index in [-0.39, 0.29) is 4.83 Å². The van der Waals surface area contributed by atoms with Gasteiger partial charge in [0, 0.05) is 25.6 Å². The first kappa shape index (κ1) is 16.2. The standard InChI is InChI=1S/C15H12Br2Cl2O/c1-8-6-13(20-2)9(7-10(8)16)15(17)14-11(18)4-3-5-12(14)19/h3-7,15H,1-2H3. The third kappa shape index (κ3) is 3.16. The van der Waals surface area contributed by atoms with E-state index in [9.17, 15) is 0 Å². The van der Waals surface area contributed by atoms with E-state index in [0.717, 1.165) is 26.9 Å². The van der Waals surface area contributed by atoms with E-state index in [4.69, 9.17) is 27.9 Å². The third-order valence-corrected chi connectivity index (χ3v) is 5.50. The van der Waals surface area contributed by atoms with Crippen LogP contribution >= 0.6 is 55.1 Å². The van der Waals surface area contributed by atoms with Crippen molar-refractivity contribution in [3.8, 4) is 5.75 Å². The van der Waals surface area contributed by atoms with Gasteiger partial charge in [-0.15, -0.1) is 0 Å². The van der Waals surface area contributed by atoms with Gasteiger partial charge >= 0.3 is 0 Å². The SMILES string of the molecule is COc1cc(C)c(Br)cc1C(Br)c1c(Cl)cccc1Cl. The molecule has 0 aliphatic rings.